The first-order valence-corrected chi connectivity index (χ1v) is 6.63. The quantitative estimate of drug-likeness (QED) is 0.817. The van der Waals surface area contributed by atoms with E-state index in [1.54, 1.807) is 0 Å². The van der Waals surface area contributed by atoms with E-state index in [-0.39, 0.29) is 24.4 Å². The molecular weight excluding hydrogens is 240 g/mol. The van der Waals surface area contributed by atoms with Crippen molar-refractivity contribution in [2.45, 2.75) is 39.7 Å². The van der Waals surface area contributed by atoms with Gasteiger partial charge in [0.05, 0.1) is 13.0 Å². The lowest BCUT2D eigenvalue weighted by atomic mass is 10.1. The van der Waals surface area contributed by atoms with Gasteiger partial charge in [-0.25, -0.2) is 0 Å². The molecule has 0 radical (unpaired) electrons. The van der Waals surface area contributed by atoms with E-state index in [9.17, 15) is 9.59 Å². The van der Waals surface area contributed by atoms with Crippen LogP contribution in [0.3, 0.4) is 0 Å². The molecule has 0 heterocycles. The van der Waals surface area contributed by atoms with Crippen LogP contribution in [0.5, 0.6) is 0 Å². The maximum atomic E-state index is 11.7. The Morgan fingerprint density at radius 1 is 1.16 bits per heavy atom. The first kappa shape index (κ1) is 15.2. The number of carbonyl (C=O) groups excluding carboxylic acids is 2. The summed E-state index contributed by atoms with van der Waals surface area (Å²) in [6, 6.07) is 7.93. The molecule has 0 aliphatic carbocycles. The topological polar surface area (TPSA) is 58.2 Å². The summed E-state index contributed by atoms with van der Waals surface area (Å²) in [4.78, 5) is 23.2. The van der Waals surface area contributed by atoms with Crippen LogP contribution < -0.4 is 10.6 Å². The summed E-state index contributed by atoms with van der Waals surface area (Å²) >= 11 is 0. The minimum atomic E-state index is -0.147. The maximum Gasteiger partial charge on any atom is 0.239 e. The number of nitrogens with one attached hydrogen (secondary N) is 2. The van der Waals surface area contributed by atoms with Crippen LogP contribution >= 0.6 is 0 Å². The predicted molar refractivity (Wildman–Crippen MR) is 75.8 cm³/mol. The van der Waals surface area contributed by atoms with Crippen LogP contribution in [-0.2, 0) is 16.0 Å². The van der Waals surface area contributed by atoms with Crippen LogP contribution in [-0.4, -0.2) is 24.4 Å². The van der Waals surface area contributed by atoms with Gasteiger partial charge in [0.2, 0.25) is 11.8 Å². The van der Waals surface area contributed by atoms with E-state index in [1.807, 2.05) is 45.0 Å². The lowest BCUT2D eigenvalue weighted by Crippen LogP contribution is -2.41. The van der Waals surface area contributed by atoms with Crippen LogP contribution in [0.1, 0.15) is 31.4 Å². The lowest BCUT2D eigenvalue weighted by Gasteiger charge is -2.11. The standard InChI is InChI=1S/C15H22N2O2/c1-4-12(3)17-15(19)10-16-14(18)9-13-7-5-11(2)6-8-13/h5-8,12H,4,9-10H2,1-3H3,(H,16,18)(H,17,19). The summed E-state index contributed by atoms with van der Waals surface area (Å²) in [6.07, 6.45) is 1.18. The fourth-order valence-corrected chi connectivity index (χ4v) is 1.56. The third-order valence-electron chi connectivity index (χ3n) is 2.95. The van der Waals surface area contributed by atoms with E-state index in [2.05, 4.69) is 10.6 Å². The summed E-state index contributed by atoms with van der Waals surface area (Å²) in [5.41, 5.74) is 2.11. The Morgan fingerprint density at radius 3 is 2.37 bits per heavy atom. The molecule has 1 atom stereocenters. The van der Waals surface area contributed by atoms with E-state index < -0.39 is 0 Å². The largest absolute Gasteiger partial charge is 0.352 e. The van der Waals surface area contributed by atoms with Crippen molar-refractivity contribution >= 4 is 11.8 Å². The molecular formula is C15H22N2O2. The number of rotatable bonds is 6. The van der Waals surface area contributed by atoms with Gasteiger partial charge >= 0.3 is 0 Å². The Morgan fingerprint density at radius 2 is 1.79 bits per heavy atom. The summed E-state index contributed by atoms with van der Waals surface area (Å²) in [5, 5.41) is 5.43. The molecule has 0 aliphatic heterocycles. The molecule has 0 fully saturated rings. The monoisotopic (exact) mass is 262 g/mol. The van der Waals surface area contributed by atoms with Gasteiger partial charge in [-0.3, -0.25) is 9.59 Å². The Kier molecular flexibility index (Phi) is 6.06. The first-order valence-electron chi connectivity index (χ1n) is 6.63. The molecule has 0 spiro atoms. The summed E-state index contributed by atoms with van der Waals surface area (Å²) in [6.45, 7) is 5.98. The summed E-state index contributed by atoms with van der Waals surface area (Å²) < 4.78 is 0. The molecule has 4 nitrogen and oxygen atoms in total. The molecule has 2 N–H and O–H groups in total. The number of hydrogen-bond acceptors (Lipinski definition) is 2. The summed E-state index contributed by atoms with van der Waals surface area (Å²) in [7, 11) is 0. The molecule has 104 valence electrons. The normalized spacial score (nSPS) is 11.7. The van der Waals surface area contributed by atoms with Crippen LogP contribution in [0.4, 0.5) is 0 Å². The summed E-state index contributed by atoms with van der Waals surface area (Å²) in [5.74, 6) is -0.283. The van der Waals surface area contributed by atoms with Gasteiger partial charge in [-0.15, -0.1) is 0 Å². The van der Waals surface area contributed by atoms with Crippen LogP contribution in [0.2, 0.25) is 0 Å². The molecule has 2 amide bonds. The highest BCUT2D eigenvalue weighted by atomic mass is 16.2. The molecule has 1 unspecified atom stereocenters. The lowest BCUT2D eigenvalue weighted by molar-refractivity contribution is -0.126. The Hall–Kier alpha value is -1.84. The maximum absolute atomic E-state index is 11.7. The first-order chi connectivity index (χ1) is 9.01. The molecule has 0 aliphatic rings. The van der Waals surface area contributed by atoms with Gasteiger partial charge < -0.3 is 10.6 Å². The third-order valence-corrected chi connectivity index (χ3v) is 2.95. The molecule has 4 heteroatoms. The van der Waals surface area contributed by atoms with Crippen molar-refractivity contribution in [1.29, 1.82) is 0 Å². The molecule has 0 bridgehead atoms. The average molecular weight is 262 g/mol. The van der Waals surface area contributed by atoms with Crippen LogP contribution in [0, 0.1) is 6.92 Å². The zero-order chi connectivity index (χ0) is 14.3. The highest BCUT2D eigenvalue weighted by molar-refractivity contribution is 5.85. The van der Waals surface area contributed by atoms with E-state index in [0.717, 1.165) is 17.5 Å². The predicted octanol–water partition coefficient (Wildman–Crippen LogP) is 1.57. The van der Waals surface area contributed by atoms with Crippen molar-refractivity contribution in [3.8, 4) is 0 Å². The van der Waals surface area contributed by atoms with Crippen molar-refractivity contribution in [3.05, 3.63) is 35.4 Å². The van der Waals surface area contributed by atoms with E-state index in [0.29, 0.717) is 6.42 Å². The average Bonchev–Trinajstić information content (AvgIpc) is 2.39. The molecule has 1 aromatic carbocycles. The number of carbonyl (C=O) groups is 2. The minimum Gasteiger partial charge on any atom is -0.352 e. The molecule has 19 heavy (non-hydrogen) atoms. The highest BCUT2D eigenvalue weighted by Gasteiger charge is 2.08. The Labute approximate surface area is 114 Å². The zero-order valence-corrected chi connectivity index (χ0v) is 11.8. The van der Waals surface area contributed by atoms with Crippen LogP contribution in [0.15, 0.2) is 24.3 Å². The molecule has 0 saturated heterocycles. The molecule has 0 aromatic heterocycles. The van der Waals surface area contributed by atoms with Crippen molar-refractivity contribution in [2.75, 3.05) is 6.54 Å². The van der Waals surface area contributed by atoms with Crippen molar-refractivity contribution in [3.63, 3.8) is 0 Å². The number of aryl methyl sites for hydroxylation is 1. The van der Waals surface area contributed by atoms with E-state index in [4.69, 9.17) is 0 Å². The van der Waals surface area contributed by atoms with Crippen LogP contribution in [0.25, 0.3) is 0 Å². The van der Waals surface area contributed by atoms with Gasteiger partial charge in [0.25, 0.3) is 0 Å². The second-order valence-corrected chi connectivity index (χ2v) is 4.82. The second kappa shape index (κ2) is 7.56. The second-order valence-electron chi connectivity index (χ2n) is 4.82. The Balaban J connectivity index is 2.32. The van der Waals surface area contributed by atoms with E-state index in [1.165, 1.54) is 0 Å². The van der Waals surface area contributed by atoms with E-state index >= 15 is 0 Å². The van der Waals surface area contributed by atoms with Gasteiger partial charge in [-0.05, 0) is 25.8 Å². The van der Waals surface area contributed by atoms with Crippen molar-refractivity contribution in [1.82, 2.24) is 10.6 Å². The van der Waals surface area contributed by atoms with Gasteiger partial charge in [0, 0.05) is 6.04 Å². The van der Waals surface area contributed by atoms with Gasteiger partial charge in [-0.2, -0.15) is 0 Å². The number of benzene rings is 1. The number of amides is 2. The van der Waals surface area contributed by atoms with Gasteiger partial charge in [-0.1, -0.05) is 36.8 Å². The third kappa shape index (κ3) is 6.04. The smallest absolute Gasteiger partial charge is 0.239 e. The van der Waals surface area contributed by atoms with Gasteiger partial charge in [0.15, 0.2) is 0 Å². The van der Waals surface area contributed by atoms with Gasteiger partial charge in [0.1, 0.15) is 0 Å². The Bertz CT molecular complexity index is 426. The fourth-order valence-electron chi connectivity index (χ4n) is 1.56. The molecule has 0 saturated carbocycles. The number of hydrogen-bond donors (Lipinski definition) is 2. The molecule has 1 aromatic rings. The highest BCUT2D eigenvalue weighted by Crippen LogP contribution is 2.03. The zero-order valence-electron chi connectivity index (χ0n) is 11.8. The fraction of sp³-hybridized carbons (Fsp3) is 0.467. The molecule has 1 rings (SSSR count). The minimum absolute atomic E-state index is 0.0367. The SMILES string of the molecule is CCC(C)NC(=O)CNC(=O)Cc1ccc(C)cc1. The van der Waals surface area contributed by atoms with Crippen molar-refractivity contribution in [2.24, 2.45) is 0 Å². The van der Waals surface area contributed by atoms with Crippen molar-refractivity contribution < 1.29 is 9.59 Å².